The lowest BCUT2D eigenvalue weighted by atomic mass is 9.79. The molecule has 0 aromatic carbocycles. The summed E-state index contributed by atoms with van der Waals surface area (Å²) in [5, 5.41) is 32.0. The molecule has 0 saturated carbocycles. The predicted octanol–water partition coefficient (Wildman–Crippen LogP) is 5.99. The van der Waals surface area contributed by atoms with Crippen molar-refractivity contribution in [2.45, 2.75) is 85.4 Å². The van der Waals surface area contributed by atoms with Crippen molar-refractivity contribution in [3.05, 3.63) is 54.7 Å². The second-order valence-corrected chi connectivity index (χ2v) is 14.9. The summed E-state index contributed by atoms with van der Waals surface area (Å²) in [6.45, 7) is 14.2. The van der Waals surface area contributed by atoms with Crippen molar-refractivity contribution in [3.63, 3.8) is 0 Å². The number of aromatic nitrogens is 5. The van der Waals surface area contributed by atoms with Gasteiger partial charge in [0.15, 0.2) is 0 Å². The number of nitriles is 1. The molecular formula is C36H45N9O3. The summed E-state index contributed by atoms with van der Waals surface area (Å²) in [5.74, 6) is 0.969. The van der Waals surface area contributed by atoms with E-state index in [4.69, 9.17) is 10.1 Å². The van der Waals surface area contributed by atoms with Crippen molar-refractivity contribution in [1.82, 2.24) is 34.6 Å². The fourth-order valence-corrected chi connectivity index (χ4v) is 7.13. The minimum Gasteiger partial charge on any atom is -0.465 e. The maximum Gasteiger partial charge on any atom is 0.407 e. The normalized spacial score (nSPS) is 19.8. The molecule has 0 radical (unpaired) electrons. The zero-order chi connectivity index (χ0) is 34.4. The van der Waals surface area contributed by atoms with Crippen LogP contribution in [0.2, 0.25) is 0 Å². The summed E-state index contributed by atoms with van der Waals surface area (Å²) in [4.78, 5) is 33.4. The molecule has 6 heterocycles. The molecule has 2 atom stereocenters. The molecular weight excluding hydrogens is 606 g/mol. The highest BCUT2D eigenvalue weighted by Crippen LogP contribution is 2.38. The fraction of sp³-hybridized carbons (Fsp3) is 0.500. The van der Waals surface area contributed by atoms with Gasteiger partial charge in [-0.05, 0) is 63.1 Å². The van der Waals surface area contributed by atoms with Crippen LogP contribution in [0.15, 0.2) is 49.2 Å². The number of carboxylic acid groups (broad SMARTS) is 1. The van der Waals surface area contributed by atoms with Crippen LogP contribution < -0.4 is 10.2 Å². The van der Waals surface area contributed by atoms with E-state index in [-0.39, 0.29) is 34.9 Å². The minimum atomic E-state index is -0.876. The molecule has 2 unspecified atom stereocenters. The lowest BCUT2D eigenvalue weighted by Crippen LogP contribution is -2.51. The Morgan fingerprint density at radius 2 is 1.79 bits per heavy atom. The number of nitrogens with zero attached hydrogens (tertiary/aromatic N) is 8. The van der Waals surface area contributed by atoms with Gasteiger partial charge in [0.1, 0.15) is 11.9 Å². The average molecular weight is 652 g/mol. The number of pyridine rings is 2. The number of carbonyl (C=O) groups excluding carboxylic acids is 1. The lowest BCUT2D eigenvalue weighted by molar-refractivity contribution is -0.131. The number of anilines is 1. The molecule has 0 aliphatic carbocycles. The molecule has 6 rings (SSSR count). The quantitative estimate of drug-likeness (QED) is 0.259. The molecule has 0 bridgehead atoms. The average Bonchev–Trinajstić information content (AvgIpc) is 3.72. The van der Waals surface area contributed by atoms with Gasteiger partial charge < -0.3 is 20.2 Å². The van der Waals surface area contributed by atoms with Crippen LogP contribution in [0.5, 0.6) is 0 Å². The number of rotatable bonds is 6. The number of hydrogen-bond donors (Lipinski definition) is 2. The van der Waals surface area contributed by atoms with E-state index in [0.29, 0.717) is 30.5 Å². The van der Waals surface area contributed by atoms with Crippen LogP contribution in [0, 0.1) is 22.2 Å². The van der Waals surface area contributed by atoms with Crippen LogP contribution in [-0.4, -0.2) is 78.1 Å². The van der Waals surface area contributed by atoms with Gasteiger partial charge in [-0.3, -0.25) is 9.48 Å². The van der Waals surface area contributed by atoms with Crippen LogP contribution in [0.25, 0.3) is 27.8 Å². The number of hydrogen-bond acceptors (Lipinski definition) is 7. The number of nitrogens with one attached hydrogen (secondary N) is 1. The van der Waals surface area contributed by atoms with Gasteiger partial charge in [-0.1, -0.05) is 27.7 Å². The predicted molar refractivity (Wildman–Crippen MR) is 183 cm³/mol. The second kappa shape index (κ2) is 12.6. The fourth-order valence-electron chi connectivity index (χ4n) is 7.13. The summed E-state index contributed by atoms with van der Waals surface area (Å²) in [6, 6.07) is 8.44. The number of amides is 2. The summed E-state index contributed by atoms with van der Waals surface area (Å²) >= 11 is 0. The highest BCUT2D eigenvalue weighted by molar-refractivity contribution is 5.87. The van der Waals surface area contributed by atoms with Crippen LogP contribution in [0.1, 0.15) is 78.8 Å². The molecule has 2 fully saturated rings. The van der Waals surface area contributed by atoms with Gasteiger partial charge in [-0.2, -0.15) is 15.5 Å². The topological polar surface area (TPSA) is 145 Å². The van der Waals surface area contributed by atoms with E-state index in [0.717, 1.165) is 54.0 Å². The number of carbonyl (C=O) groups is 2. The summed E-state index contributed by atoms with van der Waals surface area (Å²) in [6.07, 6.45) is 11.2. The van der Waals surface area contributed by atoms with Gasteiger partial charge in [-0.25, -0.2) is 14.3 Å². The van der Waals surface area contributed by atoms with Gasteiger partial charge in [0, 0.05) is 78.0 Å². The Bertz CT molecular complexity index is 1850. The van der Waals surface area contributed by atoms with Crippen molar-refractivity contribution in [2.75, 3.05) is 24.5 Å². The standard InChI is InChI=1S/C36H45N9O3/c1-23(2)41-33(46)36(6)10-13-42(14-11-36)31-8-7-24(18-38-31)29-15-25(21-45-32(29)26(17-37)19-40-45)27-20-39-44(22-27)28-9-12-43(34(47)48)30(16-28)35(3,4)5/h7-8,15,18-23,28,30H,9-14,16H2,1-6H3,(H,41,46)(H,47,48). The van der Waals surface area contributed by atoms with E-state index in [9.17, 15) is 20.0 Å². The van der Waals surface area contributed by atoms with Crippen LogP contribution >= 0.6 is 0 Å². The third-order valence-electron chi connectivity index (χ3n) is 10.1. The molecule has 4 aromatic rings. The zero-order valence-electron chi connectivity index (χ0n) is 28.6. The molecule has 12 nitrogen and oxygen atoms in total. The van der Waals surface area contributed by atoms with Gasteiger partial charge in [0.25, 0.3) is 0 Å². The molecule has 2 N–H and O–H groups in total. The van der Waals surface area contributed by atoms with Crippen LogP contribution in [0.3, 0.4) is 0 Å². The van der Waals surface area contributed by atoms with E-state index in [2.05, 4.69) is 48.2 Å². The molecule has 4 aromatic heterocycles. The third-order valence-corrected chi connectivity index (χ3v) is 10.1. The molecule has 2 amide bonds. The van der Waals surface area contributed by atoms with Crippen LogP contribution in [-0.2, 0) is 4.79 Å². The molecule has 252 valence electrons. The molecule has 0 spiro atoms. The molecule has 12 heteroatoms. The highest BCUT2D eigenvalue weighted by atomic mass is 16.4. The summed E-state index contributed by atoms with van der Waals surface area (Å²) < 4.78 is 3.70. The van der Waals surface area contributed by atoms with Crippen molar-refractivity contribution >= 4 is 23.3 Å². The number of likely N-dealkylation sites (tertiary alicyclic amines) is 1. The second-order valence-electron chi connectivity index (χ2n) is 14.9. The number of piperidine rings is 2. The first-order chi connectivity index (χ1) is 22.8. The van der Waals surface area contributed by atoms with Crippen molar-refractivity contribution < 1.29 is 14.7 Å². The molecule has 2 aliphatic heterocycles. The smallest absolute Gasteiger partial charge is 0.407 e. The molecule has 2 saturated heterocycles. The van der Waals surface area contributed by atoms with Crippen molar-refractivity contribution in [2.24, 2.45) is 10.8 Å². The first-order valence-corrected chi connectivity index (χ1v) is 16.8. The first-order valence-electron chi connectivity index (χ1n) is 16.8. The van der Waals surface area contributed by atoms with Gasteiger partial charge in [-0.15, -0.1) is 0 Å². The lowest BCUT2D eigenvalue weighted by Gasteiger charge is -2.44. The highest BCUT2D eigenvalue weighted by Gasteiger charge is 2.40. The van der Waals surface area contributed by atoms with E-state index in [1.165, 1.54) is 0 Å². The third kappa shape index (κ3) is 6.33. The first kappa shape index (κ1) is 33.0. The van der Waals surface area contributed by atoms with E-state index < -0.39 is 6.09 Å². The van der Waals surface area contributed by atoms with Crippen molar-refractivity contribution in [3.8, 4) is 28.3 Å². The Balaban J connectivity index is 1.26. The maximum absolute atomic E-state index is 12.8. The SMILES string of the molecule is CC(C)NC(=O)C1(C)CCN(c2ccc(-c3cc(-c4cnn(C5CCN(C(=O)O)C(C(C)(C)C)C5)c4)cn4ncc(C#N)c34)cn2)CC1. The Morgan fingerprint density at radius 3 is 2.42 bits per heavy atom. The maximum atomic E-state index is 12.8. The van der Waals surface area contributed by atoms with E-state index in [1.807, 2.05) is 62.4 Å². The van der Waals surface area contributed by atoms with Crippen LogP contribution in [0.4, 0.5) is 10.6 Å². The molecule has 2 aliphatic rings. The summed E-state index contributed by atoms with van der Waals surface area (Å²) in [5.41, 5.74) is 4.10. The Kier molecular flexibility index (Phi) is 8.66. The zero-order valence-corrected chi connectivity index (χ0v) is 28.6. The summed E-state index contributed by atoms with van der Waals surface area (Å²) in [7, 11) is 0. The Morgan fingerprint density at radius 1 is 1.04 bits per heavy atom. The van der Waals surface area contributed by atoms with E-state index >= 15 is 0 Å². The Labute approximate surface area is 281 Å². The number of fused-ring (bicyclic) bond motifs is 1. The van der Waals surface area contributed by atoms with E-state index in [1.54, 1.807) is 15.6 Å². The van der Waals surface area contributed by atoms with Gasteiger partial charge in [0.05, 0.1) is 29.5 Å². The Hall–Kier alpha value is -4.92. The van der Waals surface area contributed by atoms with Crippen molar-refractivity contribution in [1.29, 1.82) is 5.26 Å². The molecule has 48 heavy (non-hydrogen) atoms. The largest absolute Gasteiger partial charge is 0.465 e. The minimum absolute atomic E-state index is 0.0747. The monoisotopic (exact) mass is 651 g/mol. The van der Waals surface area contributed by atoms with Gasteiger partial charge in [0.2, 0.25) is 5.91 Å². The van der Waals surface area contributed by atoms with Gasteiger partial charge >= 0.3 is 6.09 Å².